The summed E-state index contributed by atoms with van der Waals surface area (Å²) in [5.41, 5.74) is 4.54. The molecule has 3 aliphatic rings. The van der Waals surface area contributed by atoms with E-state index >= 15 is 4.79 Å². The van der Waals surface area contributed by atoms with E-state index in [1.54, 1.807) is 5.38 Å². The summed E-state index contributed by atoms with van der Waals surface area (Å²) in [4.78, 5) is 59.8. The Balaban J connectivity index is 0.928. The molecule has 0 radical (unpaired) electrons. The Morgan fingerprint density at radius 1 is 0.659 bits per heavy atom. The maximum absolute atomic E-state index is 15.5. The molecule has 12 rings (SSSR count). The molecule has 4 heterocycles. The van der Waals surface area contributed by atoms with Gasteiger partial charge < -0.3 is 29.7 Å². The molecule has 2 saturated heterocycles. The zero-order chi connectivity index (χ0) is 55.7. The van der Waals surface area contributed by atoms with E-state index in [-0.39, 0.29) is 30.0 Å². The van der Waals surface area contributed by atoms with Crippen LogP contribution in [0.3, 0.4) is 0 Å². The van der Waals surface area contributed by atoms with Crippen LogP contribution in [0, 0.1) is 0 Å². The van der Waals surface area contributed by atoms with Crippen molar-refractivity contribution in [2.75, 3.05) is 30.2 Å². The maximum atomic E-state index is 15.5. The third kappa shape index (κ3) is 10.9. The largest absolute Gasteiger partial charge is 0.448 e. The molecule has 0 bridgehead atoms. The molecule has 1 aromatic heterocycles. The van der Waals surface area contributed by atoms with Gasteiger partial charge in [0.15, 0.2) is 16.9 Å². The lowest BCUT2D eigenvalue weighted by Gasteiger charge is -2.49. The van der Waals surface area contributed by atoms with Crippen LogP contribution in [0.25, 0.3) is 0 Å². The number of aromatic nitrogens is 1. The van der Waals surface area contributed by atoms with Gasteiger partial charge in [-0.2, -0.15) is 0 Å². The zero-order valence-electron chi connectivity index (χ0n) is 44.2. The number of fused-ring (bicyclic) bond motifs is 1. The molecule has 2 fully saturated rings. The van der Waals surface area contributed by atoms with Crippen molar-refractivity contribution < 1.29 is 33.4 Å². The molecule has 82 heavy (non-hydrogen) atoms. The van der Waals surface area contributed by atoms with Crippen LogP contribution < -0.4 is 10.6 Å². The monoisotopic (exact) mass is 1140 g/mol. The summed E-state index contributed by atoms with van der Waals surface area (Å²) in [5, 5.41) is 13.4. The number of benzene rings is 8. The predicted molar refractivity (Wildman–Crippen MR) is 323 cm³/mol. The van der Waals surface area contributed by atoms with E-state index in [9.17, 15) is 9.59 Å². The van der Waals surface area contributed by atoms with Crippen LogP contribution in [0.5, 0.6) is 0 Å². The van der Waals surface area contributed by atoms with Gasteiger partial charge in [-0.05, 0) is 27.8 Å². The lowest BCUT2D eigenvalue weighted by Crippen LogP contribution is -2.71. The molecule has 0 spiro atoms. The minimum Gasteiger partial charge on any atom is -0.448 e. The van der Waals surface area contributed by atoms with E-state index in [1.165, 1.54) is 39.8 Å². The van der Waals surface area contributed by atoms with Crippen molar-refractivity contribution in [1.82, 2.24) is 15.2 Å². The Hall–Kier alpha value is -8.57. The summed E-state index contributed by atoms with van der Waals surface area (Å²) >= 11 is 4.20. The number of carbonyl (C=O) groups is 3. The first-order chi connectivity index (χ1) is 40.4. The van der Waals surface area contributed by atoms with Gasteiger partial charge in [-0.1, -0.05) is 248 Å². The lowest BCUT2D eigenvalue weighted by atomic mass is 9.77. The Labute approximate surface area is 488 Å². The molecule has 12 nitrogen and oxygen atoms in total. The number of nitrogens with zero attached hydrogens (tertiary/aromatic N) is 3. The Morgan fingerprint density at radius 2 is 1.12 bits per heavy atom. The van der Waals surface area contributed by atoms with E-state index < -0.39 is 46.4 Å². The van der Waals surface area contributed by atoms with Gasteiger partial charge in [0.1, 0.15) is 35.1 Å². The van der Waals surface area contributed by atoms with Gasteiger partial charge in [-0.15, -0.1) is 34.9 Å². The Morgan fingerprint density at radius 3 is 1.59 bits per heavy atom. The van der Waals surface area contributed by atoms with E-state index in [1.807, 2.05) is 206 Å². The highest BCUT2D eigenvalue weighted by Crippen LogP contribution is 2.46. The maximum Gasteiger partial charge on any atom is 0.356 e. The Bertz CT molecular complexity index is 3460. The molecule has 408 valence electrons. The number of anilines is 1. The van der Waals surface area contributed by atoms with Crippen molar-refractivity contribution >= 4 is 63.5 Å². The van der Waals surface area contributed by atoms with Crippen LogP contribution in [0.1, 0.15) is 56.3 Å². The number of nitrogens with one attached hydrogen (secondary N) is 2. The second-order valence-corrected chi connectivity index (χ2v) is 22.7. The van der Waals surface area contributed by atoms with Crippen molar-refractivity contribution in [3.63, 3.8) is 0 Å². The van der Waals surface area contributed by atoms with Crippen molar-refractivity contribution in [3.05, 3.63) is 309 Å². The van der Waals surface area contributed by atoms with Gasteiger partial charge in [0, 0.05) is 38.5 Å². The number of thioether (sulfide) groups is 2. The minimum absolute atomic E-state index is 0.129. The first-order valence-electron chi connectivity index (χ1n) is 26.9. The molecular formula is C67H55N5O7S3. The van der Waals surface area contributed by atoms with Crippen LogP contribution in [0.2, 0.25) is 0 Å². The predicted octanol–water partition coefficient (Wildman–Crippen LogP) is 12.3. The van der Waals surface area contributed by atoms with Crippen LogP contribution in [0.4, 0.5) is 5.13 Å². The van der Waals surface area contributed by atoms with Crippen LogP contribution in [0.15, 0.2) is 264 Å². The normalized spacial score (nSPS) is 17.2. The summed E-state index contributed by atoms with van der Waals surface area (Å²) < 4.78 is 17.7. The van der Waals surface area contributed by atoms with Crippen molar-refractivity contribution in [2.45, 2.75) is 34.8 Å². The topological polar surface area (TPSA) is 141 Å². The van der Waals surface area contributed by atoms with Gasteiger partial charge in [0.25, 0.3) is 11.8 Å². The molecular weight excluding hydrogens is 1080 g/mol. The van der Waals surface area contributed by atoms with Gasteiger partial charge in [0.05, 0.1) is 12.7 Å². The molecule has 3 atom stereocenters. The van der Waals surface area contributed by atoms with Crippen molar-refractivity contribution in [1.29, 1.82) is 0 Å². The highest BCUT2D eigenvalue weighted by atomic mass is 32.2. The molecule has 2 N–H and O–H groups in total. The first kappa shape index (κ1) is 54.0. The number of oxime groups is 1. The molecule has 8 aromatic carbocycles. The van der Waals surface area contributed by atoms with Crippen molar-refractivity contribution in [2.24, 2.45) is 5.16 Å². The zero-order valence-corrected chi connectivity index (χ0v) is 46.7. The third-order valence-electron chi connectivity index (χ3n) is 14.7. The number of hydrogen-bond donors (Lipinski definition) is 2. The summed E-state index contributed by atoms with van der Waals surface area (Å²) in [6.07, 6.45) is -0.973. The molecule has 2 amide bonds. The molecule has 0 saturated carbocycles. The van der Waals surface area contributed by atoms with Crippen LogP contribution >= 0.6 is 34.9 Å². The van der Waals surface area contributed by atoms with E-state index in [2.05, 4.69) is 47.0 Å². The smallest absolute Gasteiger partial charge is 0.356 e. The van der Waals surface area contributed by atoms with Crippen molar-refractivity contribution in [3.8, 4) is 0 Å². The minimum atomic E-state index is -1.38. The fraction of sp³-hybridized carbons (Fsp3) is 0.149. The number of amides is 2. The highest BCUT2D eigenvalue weighted by Gasteiger charge is 2.55. The first-order valence-corrected chi connectivity index (χ1v) is 29.8. The third-order valence-corrected chi connectivity index (χ3v) is 18.1. The summed E-state index contributed by atoms with van der Waals surface area (Å²) in [6.45, 7) is 0.604. The second kappa shape index (κ2) is 24.7. The summed E-state index contributed by atoms with van der Waals surface area (Å²) in [7, 11) is 0. The number of esters is 1. The fourth-order valence-corrected chi connectivity index (χ4v) is 14.1. The van der Waals surface area contributed by atoms with Gasteiger partial charge in [0.2, 0.25) is 5.60 Å². The molecule has 2 unspecified atom stereocenters. The van der Waals surface area contributed by atoms with Gasteiger partial charge in [-0.3, -0.25) is 14.5 Å². The molecule has 9 aromatic rings. The number of carbonyl (C=O) groups excluding carboxylic acids is 3. The fourth-order valence-electron chi connectivity index (χ4n) is 10.7. The number of rotatable bonds is 20. The molecule has 0 aliphatic carbocycles. The van der Waals surface area contributed by atoms with E-state index in [4.69, 9.17) is 29.2 Å². The number of ether oxygens (including phenoxy) is 3. The summed E-state index contributed by atoms with van der Waals surface area (Å²) in [5.74, 6) is -1.01. The van der Waals surface area contributed by atoms with E-state index in [0.717, 1.165) is 44.5 Å². The van der Waals surface area contributed by atoms with Gasteiger partial charge in [-0.25, -0.2) is 9.78 Å². The number of thiazole rings is 1. The second-order valence-electron chi connectivity index (χ2n) is 19.6. The molecule has 3 aliphatic heterocycles. The van der Waals surface area contributed by atoms with Crippen LogP contribution in [-0.2, 0) is 44.6 Å². The average Bonchev–Trinajstić information content (AvgIpc) is 4.03. The quantitative estimate of drug-likeness (QED) is 0.0248. The highest BCUT2D eigenvalue weighted by molar-refractivity contribution is 8.06. The van der Waals surface area contributed by atoms with E-state index in [0.29, 0.717) is 28.1 Å². The number of β-lactam (4-membered cyclic amide) rings is 1. The average molecular weight is 1140 g/mol. The Kier molecular flexibility index (Phi) is 16.2. The lowest BCUT2D eigenvalue weighted by molar-refractivity contribution is -0.154. The van der Waals surface area contributed by atoms with Gasteiger partial charge >= 0.3 is 5.97 Å². The molecule has 15 heteroatoms. The SMILES string of the molecule is O=C(OC(c1ccccc1)c1ccccc1)C1=C(SCC2COCO2)CS[C@@H]2C(NC(=O)/C(=N\OC(c3ccccc3)(c3ccccc3)c3ccccc3)c3csc(NC(c4ccccc4)(c4ccccc4)c4ccccc4)n3)C(=O)N12. The standard InChI is InChI=1S/C67H55N5O7S3/c73-61(69-58-62(74)72-59(56(44-81-63(58)72)80-42-54-41-76-45-77-54)64(75)78-60(46-25-9-1-10-26-46)47-27-11-2-12-28-47)57(71-79-67(51-35-19-6-20-36-51,52-37-21-7-22-38-52)53-39-23-8-24-40-53)55-43-82-65(68-55)70-66(48-29-13-3-14-30-48,49-31-15-4-16-32-49)50-33-17-5-18-34-50/h1-40,43,54,58,60,63H,41-42,44-45H2,(H,68,70)(H,69,73)/b71-57-/t54?,58?,63-/m1/s1. The summed E-state index contributed by atoms with van der Waals surface area (Å²) in [6, 6.07) is 77.7. The number of hydrogen-bond acceptors (Lipinski definition) is 13. The van der Waals surface area contributed by atoms with Crippen LogP contribution in [-0.4, -0.2) is 75.8 Å².